The number of aryl methyl sites for hydroxylation is 1. The zero-order chi connectivity index (χ0) is 18.9. The number of aromatic nitrogens is 1. The second kappa shape index (κ2) is 12.0. The van der Waals surface area contributed by atoms with Gasteiger partial charge in [-0.05, 0) is 29.7 Å². The standard InChI is InChI=1S/C21H29N5O.HI/c1-17-6-5-9-23-20(17)15-25-21(22-2)24-14-18-7-3-4-8-19(18)16-26-10-12-27-13-11-26;/h3-9H,10-16H2,1-2H3,(H2,22,24,25);1H. The predicted molar refractivity (Wildman–Crippen MR) is 124 cm³/mol. The molecule has 0 saturated carbocycles. The Labute approximate surface area is 184 Å². The number of pyridine rings is 1. The van der Waals surface area contributed by atoms with Gasteiger partial charge in [-0.3, -0.25) is 14.9 Å². The van der Waals surface area contributed by atoms with E-state index < -0.39 is 0 Å². The molecule has 28 heavy (non-hydrogen) atoms. The Morgan fingerprint density at radius 1 is 1.07 bits per heavy atom. The van der Waals surface area contributed by atoms with Crippen LogP contribution in [0.15, 0.2) is 47.6 Å². The molecular formula is C21H30IN5O. The van der Waals surface area contributed by atoms with Gasteiger partial charge in [-0.2, -0.15) is 0 Å². The van der Waals surface area contributed by atoms with Crippen molar-refractivity contribution in [1.29, 1.82) is 0 Å². The van der Waals surface area contributed by atoms with Gasteiger partial charge in [-0.1, -0.05) is 30.3 Å². The van der Waals surface area contributed by atoms with Crippen LogP contribution in [0.1, 0.15) is 22.4 Å². The summed E-state index contributed by atoms with van der Waals surface area (Å²) < 4.78 is 5.45. The Morgan fingerprint density at radius 2 is 1.79 bits per heavy atom. The minimum atomic E-state index is 0. The third kappa shape index (κ3) is 6.72. The van der Waals surface area contributed by atoms with Crippen molar-refractivity contribution in [2.75, 3.05) is 33.4 Å². The van der Waals surface area contributed by atoms with Gasteiger partial charge < -0.3 is 15.4 Å². The molecule has 0 spiro atoms. The summed E-state index contributed by atoms with van der Waals surface area (Å²) in [5.74, 6) is 0.779. The molecular weight excluding hydrogens is 465 g/mol. The van der Waals surface area contributed by atoms with Gasteiger partial charge in [-0.15, -0.1) is 24.0 Å². The zero-order valence-corrected chi connectivity index (χ0v) is 19.0. The molecule has 1 aliphatic rings. The molecule has 1 aromatic heterocycles. The summed E-state index contributed by atoms with van der Waals surface area (Å²) in [5, 5.41) is 6.77. The Kier molecular flexibility index (Phi) is 9.66. The van der Waals surface area contributed by atoms with Crippen molar-refractivity contribution in [2.24, 2.45) is 4.99 Å². The Morgan fingerprint density at radius 3 is 2.50 bits per heavy atom. The van der Waals surface area contributed by atoms with Gasteiger partial charge in [-0.25, -0.2) is 0 Å². The number of rotatable bonds is 6. The molecule has 2 N–H and O–H groups in total. The normalized spacial score (nSPS) is 15.0. The van der Waals surface area contributed by atoms with Crippen molar-refractivity contribution >= 4 is 29.9 Å². The first-order chi connectivity index (χ1) is 13.3. The Bertz CT molecular complexity index is 762. The Balaban J connectivity index is 0.00000280. The molecule has 3 rings (SSSR count). The third-order valence-electron chi connectivity index (χ3n) is 4.83. The first-order valence-corrected chi connectivity index (χ1v) is 9.48. The van der Waals surface area contributed by atoms with E-state index >= 15 is 0 Å². The fourth-order valence-electron chi connectivity index (χ4n) is 3.15. The van der Waals surface area contributed by atoms with E-state index in [4.69, 9.17) is 4.74 Å². The van der Waals surface area contributed by atoms with Crippen molar-refractivity contribution in [1.82, 2.24) is 20.5 Å². The first-order valence-electron chi connectivity index (χ1n) is 9.48. The van der Waals surface area contributed by atoms with Gasteiger partial charge in [0.15, 0.2) is 5.96 Å². The fraction of sp³-hybridized carbons (Fsp3) is 0.429. The van der Waals surface area contributed by atoms with Crippen LogP contribution in [0.25, 0.3) is 0 Å². The average molecular weight is 495 g/mol. The van der Waals surface area contributed by atoms with E-state index in [-0.39, 0.29) is 24.0 Å². The van der Waals surface area contributed by atoms with Crippen LogP contribution in [0, 0.1) is 6.92 Å². The van der Waals surface area contributed by atoms with Gasteiger partial charge in [0.2, 0.25) is 0 Å². The van der Waals surface area contributed by atoms with E-state index in [9.17, 15) is 0 Å². The van der Waals surface area contributed by atoms with E-state index in [0.29, 0.717) is 6.54 Å². The second-order valence-electron chi connectivity index (χ2n) is 6.70. The zero-order valence-electron chi connectivity index (χ0n) is 16.6. The van der Waals surface area contributed by atoms with Crippen molar-refractivity contribution in [3.05, 3.63) is 65.0 Å². The van der Waals surface area contributed by atoms with E-state index in [1.54, 1.807) is 7.05 Å². The lowest BCUT2D eigenvalue weighted by Gasteiger charge is -2.27. The summed E-state index contributed by atoms with van der Waals surface area (Å²) in [4.78, 5) is 11.2. The summed E-state index contributed by atoms with van der Waals surface area (Å²) in [7, 11) is 1.79. The molecule has 0 radical (unpaired) electrons. The molecule has 1 aromatic carbocycles. The number of hydrogen-bond donors (Lipinski definition) is 2. The lowest BCUT2D eigenvalue weighted by Crippen LogP contribution is -2.38. The number of guanidine groups is 1. The van der Waals surface area contributed by atoms with Crippen LogP contribution >= 0.6 is 24.0 Å². The number of hydrogen-bond acceptors (Lipinski definition) is 4. The summed E-state index contributed by atoms with van der Waals surface area (Å²) in [6, 6.07) is 12.6. The van der Waals surface area contributed by atoms with Crippen LogP contribution in [0.3, 0.4) is 0 Å². The van der Waals surface area contributed by atoms with Crippen LogP contribution in [0.5, 0.6) is 0 Å². The van der Waals surface area contributed by atoms with Gasteiger partial charge in [0, 0.05) is 39.4 Å². The Hall–Kier alpha value is -1.71. The molecule has 152 valence electrons. The predicted octanol–water partition coefficient (Wildman–Crippen LogP) is 2.71. The van der Waals surface area contributed by atoms with Gasteiger partial charge in [0.05, 0.1) is 25.5 Å². The number of aliphatic imine (C=N–C) groups is 1. The maximum Gasteiger partial charge on any atom is 0.191 e. The SMILES string of the molecule is CN=C(NCc1ccccc1CN1CCOCC1)NCc1ncccc1C.I. The van der Waals surface area contributed by atoms with Crippen LogP contribution < -0.4 is 10.6 Å². The van der Waals surface area contributed by atoms with Crippen molar-refractivity contribution < 1.29 is 4.74 Å². The highest BCUT2D eigenvalue weighted by molar-refractivity contribution is 14.0. The number of benzene rings is 1. The maximum atomic E-state index is 5.45. The minimum absolute atomic E-state index is 0. The van der Waals surface area contributed by atoms with Crippen molar-refractivity contribution in [3.8, 4) is 0 Å². The average Bonchev–Trinajstić information content (AvgIpc) is 2.71. The number of nitrogens with one attached hydrogen (secondary N) is 2. The molecule has 1 saturated heterocycles. The van der Waals surface area contributed by atoms with Crippen LogP contribution in [0.2, 0.25) is 0 Å². The van der Waals surface area contributed by atoms with Gasteiger partial charge in [0.25, 0.3) is 0 Å². The lowest BCUT2D eigenvalue weighted by molar-refractivity contribution is 0.0341. The third-order valence-corrected chi connectivity index (χ3v) is 4.83. The molecule has 7 heteroatoms. The molecule has 6 nitrogen and oxygen atoms in total. The number of morpholine rings is 1. The van der Waals surface area contributed by atoms with Crippen LogP contribution in [-0.2, 0) is 24.4 Å². The molecule has 2 heterocycles. The number of nitrogens with zero attached hydrogens (tertiary/aromatic N) is 3. The molecule has 0 unspecified atom stereocenters. The first kappa shape index (κ1) is 22.6. The number of ether oxygens (including phenoxy) is 1. The second-order valence-corrected chi connectivity index (χ2v) is 6.70. The molecule has 0 atom stereocenters. The largest absolute Gasteiger partial charge is 0.379 e. The van der Waals surface area contributed by atoms with E-state index in [1.807, 2.05) is 12.3 Å². The highest BCUT2D eigenvalue weighted by Crippen LogP contribution is 2.13. The molecule has 0 bridgehead atoms. The number of halogens is 1. The lowest BCUT2D eigenvalue weighted by atomic mass is 10.1. The quantitative estimate of drug-likeness (QED) is 0.367. The smallest absolute Gasteiger partial charge is 0.191 e. The molecule has 2 aromatic rings. The minimum Gasteiger partial charge on any atom is -0.379 e. The van der Waals surface area contributed by atoms with Gasteiger partial charge >= 0.3 is 0 Å². The topological polar surface area (TPSA) is 61.8 Å². The summed E-state index contributed by atoms with van der Waals surface area (Å²) >= 11 is 0. The van der Waals surface area contributed by atoms with Gasteiger partial charge in [0.1, 0.15) is 0 Å². The monoisotopic (exact) mass is 495 g/mol. The molecule has 1 fully saturated rings. The molecule has 1 aliphatic heterocycles. The van der Waals surface area contributed by atoms with E-state index in [2.05, 4.69) is 62.8 Å². The molecule has 0 amide bonds. The highest BCUT2D eigenvalue weighted by Gasteiger charge is 2.12. The van der Waals surface area contributed by atoms with Crippen LogP contribution in [0.4, 0.5) is 0 Å². The van der Waals surface area contributed by atoms with Crippen LogP contribution in [-0.4, -0.2) is 49.2 Å². The fourth-order valence-corrected chi connectivity index (χ4v) is 3.15. The maximum absolute atomic E-state index is 5.45. The summed E-state index contributed by atoms with van der Waals surface area (Å²) in [5.41, 5.74) is 4.85. The van der Waals surface area contributed by atoms with E-state index in [0.717, 1.165) is 51.0 Å². The summed E-state index contributed by atoms with van der Waals surface area (Å²) in [6.07, 6.45) is 1.82. The highest BCUT2D eigenvalue weighted by atomic mass is 127. The van der Waals surface area contributed by atoms with Crippen molar-refractivity contribution in [3.63, 3.8) is 0 Å². The molecule has 0 aliphatic carbocycles. The summed E-state index contributed by atoms with van der Waals surface area (Å²) in [6.45, 7) is 8.06. The van der Waals surface area contributed by atoms with E-state index in [1.165, 1.54) is 16.7 Å². The van der Waals surface area contributed by atoms with Crippen molar-refractivity contribution in [2.45, 2.75) is 26.6 Å².